The fourth-order valence-electron chi connectivity index (χ4n) is 4.71. The van der Waals surface area contributed by atoms with E-state index in [4.69, 9.17) is 4.74 Å². The fraction of sp³-hybridized carbons (Fsp3) is 0.481. The molecule has 0 radical (unpaired) electrons. The van der Waals surface area contributed by atoms with Crippen molar-refractivity contribution >= 4 is 41.3 Å². The molecule has 1 aromatic carbocycles. The van der Waals surface area contributed by atoms with Crippen LogP contribution in [-0.4, -0.2) is 75.6 Å². The topological polar surface area (TPSA) is 145 Å². The lowest BCUT2D eigenvalue weighted by molar-refractivity contribution is -0.141. The molecule has 208 valence electrons. The van der Waals surface area contributed by atoms with E-state index < -0.39 is 29.4 Å². The maximum Gasteiger partial charge on any atom is 0.415 e. The first-order valence-corrected chi connectivity index (χ1v) is 13.2. The third-order valence-electron chi connectivity index (χ3n) is 7.01. The summed E-state index contributed by atoms with van der Waals surface area (Å²) in [4.78, 5) is 63.3. The Kier molecular flexibility index (Phi) is 8.32. The molecule has 2 aromatic rings. The number of ether oxygens (including phenoxy) is 1. The van der Waals surface area contributed by atoms with Gasteiger partial charge in [-0.25, -0.2) is 19.5 Å². The second-order valence-electron chi connectivity index (χ2n) is 9.84. The summed E-state index contributed by atoms with van der Waals surface area (Å²) in [6.45, 7) is 7.96. The number of anilines is 3. The summed E-state index contributed by atoms with van der Waals surface area (Å²) >= 11 is 0. The van der Waals surface area contributed by atoms with E-state index >= 15 is 0 Å². The molecule has 4 rings (SSSR count). The Bertz CT molecular complexity index is 1230. The first kappa shape index (κ1) is 27.8. The number of aromatic nitrogens is 2. The van der Waals surface area contributed by atoms with Crippen LogP contribution in [0.2, 0.25) is 0 Å². The predicted octanol–water partition coefficient (Wildman–Crippen LogP) is 3.07. The Hall–Kier alpha value is -4.22. The first-order valence-electron chi connectivity index (χ1n) is 13.2. The van der Waals surface area contributed by atoms with Gasteiger partial charge >= 0.3 is 12.1 Å². The molecule has 1 unspecified atom stereocenters. The fourth-order valence-corrected chi connectivity index (χ4v) is 4.71. The third-order valence-corrected chi connectivity index (χ3v) is 7.01. The van der Waals surface area contributed by atoms with Crippen LogP contribution < -0.4 is 19.9 Å². The Morgan fingerprint density at radius 1 is 1.08 bits per heavy atom. The first-order chi connectivity index (χ1) is 18.6. The van der Waals surface area contributed by atoms with Crippen molar-refractivity contribution < 1.29 is 29.0 Å². The van der Waals surface area contributed by atoms with E-state index in [1.54, 1.807) is 29.2 Å². The number of rotatable bonds is 10. The normalized spacial score (nSPS) is 16.8. The van der Waals surface area contributed by atoms with Gasteiger partial charge in [-0.2, -0.15) is 4.98 Å². The summed E-state index contributed by atoms with van der Waals surface area (Å²) < 4.78 is 5.44. The van der Waals surface area contributed by atoms with Crippen LogP contribution in [0, 0.1) is 0 Å². The highest BCUT2D eigenvalue weighted by Gasteiger charge is 2.38. The van der Waals surface area contributed by atoms with Crippen molar-refractivity contribution in [2.24, 2.45) is 0 Å². The van der Waals surface area contributed by atoms with Crippen LogP contribution in [0.3, 0.4) is 0 Å². The van der Waals surface area contributed by atoms with Crippen LogP contribution >= 0.6 is 0 Å². The molecule has 0 aliphatic carbocycles. The molecule has 2 N–H and O–H groups in total. The highest BCUT2D eigenvalue weighted by Crippen LogP contribution is 2.33. The summed E-state index contributed by atoms with van der Waals surface area (Å²) in [6, 6.07) is 6.65. The third kappa shape index (κ3) is 6.10. The van der Waals surface area contributed by atoms with Gasteiger partial charge in [0.25, 0.3) is 0 Å². The molecule has 2 aliphatic heterocycles. The van der Waals surface area contributed by atoms with E-state index in [2.05, 4.69) is 15.3 Å². The van der Waals surface area contributed by atoms with Gasteiger partial charge in [0.05, 0.1) is 6.20 Å². The molecule has 12 heteroatoms. The van der Waals surface area contributed by atoms with Crippen molar-refractivity contribution in [2.75, 3.05) is 41.3 Å². The van der Waals surface area contributed by atoms with Gasteiger partial charge in [0.1, 0.15) is 17.0 Å². The summed E-state index contributed by atoms with van der Waals surface area (Å²) in [6.07, 6.45) is 3.08. The summed E-state index contributed by atoms with van der Waals surface area (Å²) in [5.41, 5.74) is -0.778. The van der Waals surface area contributed by atoms with Gasteiger partial charge in [-0.15, -0.1) is 0 Å². The minimum Gasteiger partial charge on any atom is -0.480 e. The lowest BCUT2D eigenvalue weighted by Gasteiger charge is -2.30. The average Bonchev–Trinajstić information content (AvgIpc) is 3.56. The van der Waals surface area contributed by atoms with E-state index in [0.717, 1.165) is 17.7 Å². The Morgan fingerprint density at radius 2 is 1.69 bits per heavy atom. The number of carboxylic acid groups (broad SMARTS) is 1. The van der Waals surface area contributed by atoms with Gasteiger partial charge in [0, 0.05) is 45.4 Å². The largest absolute Gasteiger partial charge is 0.480 e. The molecule has 0 spiro atoms. The second-order valence-corrected chi connectivity index (χ2v) is 9.84. The number of nitrogens with zero attached hydrogens (tertiary/aromatic N) is 5. The molecule has 1 aromatic heterocycles. The number of carbonyl (C=O) groups is 4. The predicted molar refractivity (Wildman–Crippen MR) is 144 cm³/mol. The van der Waals surface area contributed by atoms with Crippen LogP contribution in [-0.2, 0) is 20.8 Å². The molecule has 2 fully saturated rings. The lowest BCUT2D eigenvalue weighted by Crippen LogP contribution is -2.46. The van der Waals surface area contributed by atoms with E-state index in [1.165, 1.54) is 13.1 Å². The molecular weight excluding hydrogens is 504 g/mol. The quantitative estimate of drug-likeness (QED) is 0.433. The number of hydrogen-bond acceptors (Lipinski definition) is 9. The minimum absolute atomic E-state index is 0.0363. The maximum atomic E-state index is 12.5. The number of amides is 3. The Balaban J connectivity index is 1.60. The molecule has 3 amide bonds. The standard InChI is InChI=1S/C27H34N6O6/c1-4-31(5-2)25-28-17-20(33-21(34)12-13-22(33)35)23(29-25)30-27(3,24(36)37)16-18-8-10-19(11-9-18)39-26(38)32-14-6-7-15-32/h8-11,17H,4-7,12-16H2,1-3H3,(H,36,37)(H,28,29,30). The van der Waals surface area contributed by atoms with Gasteiger partial charge in [-0.05, 0) is 51.3 Å². The zero-order chi connectivity index (χ0) is 28.2. The van der Waals surface area contributed by atoms with Crippen LogP contribution in [0.1, 0.15) is 52.0 Å². The molecule has 3 heterocycles. The van der Waals surface area contributed by atoms with E-state index in [1.807, 2.05) is 18.7 Å². The second kappa shape index (κ2) is 11.7. The molecule has 2 aliphatic rings. The number of nitrogens with one attached hydrogen (secondary N) is 1. The highest BCUT2D eigenvalue weighted by molar-refractivity contribution is 6.21. The van der Waals surface area contributed by atoms with Crippen molar-refractivity contribution in [2.45, 2.75) is 58.4 Å². The molecular formula is C27H34N6O6. The lowest BCUT2D eigenvalue weighted by atomic mass is 9.92. The van der Waals surface area contributed by atoms with Gasteiger partial charge in [-0.1, -0.05) is 12.1 Å². The molecule has 12 nitrogen and oxygen atoms in total. The molecule has 1 atom stereocenters. The van der Waals surface area contributed by atoms with Crippen LogP contribution in [0.4, 0.5) is 22.2 Å². The van der Waals surface area contributed by atoms with E-state index in [9.17, 15) is 24.3 Å². The van der Waals surface area contributed by atoms with Gasteiger partial charge in [0.15, 0.2) is 5.82 Å². The highest BCUT2D eigenvalue weighted by atomic mass is 16.6. The van der Waals surface area contributed by atoms with Gasteiger partial charge < -0.3 is 25.0 Å². The molecule has 0 saturated carbocycles. The number of aliphatic carboxylic acids is 1. The van der Waals surface area contributed by atoms with Crippen molar-refractivity contribution in [3.8, 4) is 5.75 Å². The monoisotopic (exact) mass is 538 g/mol. The Labute approximate surface area is 227 Å². The number of imide groups is 1. The van der Waals surface area contributed by atoms with Crippen LogP contribution in [0.25, 0.3) is 0 Å². The van der Waals surface area contributed by atoms with Crippen LogP contribution in [0.15, 0.2) is 30.5 Å². The van der Waals surface area contributed by atoms with Crippen LogP contribution in [0.5, 0.6) is 5.75 Å². The summed E-state index contributed by atoms with van der Waals surface area (Å²) in [5, 5.41) is 13.2. The molecule has 0 bridgehead atoms. The minimum atomic E-state index is -1.57. The number of carboxylic acids is 1. The van der Waals surface area contributed by atoms with Gasteiger partial charge in [-0.3, -0.25) is 9.59 Å². The Morgan fingerprint density at radius 3 is 2.26 bits per heavy atom. The average molecular weight is 539 g/mol. The zero-order valence-corrected chi connectivity index (χ0v) is 22.5. The summed E-state index contributed by atoms with van der Waals surface area (Å²) in [7, 11) is 0. The number of carbonyl (C=O) groups excluding carboxylic acids is 3. The molecule has 39 heavy (non-hydrogen) atoms. The smallest absolute Gasteiger partial charge is 0.415 e. The molecule has 2 saturated heterocycles. The van der Waals surface area contributed by atoms with E-state index in [-0.39, 0.29) is 30.8 Å². The number of hydrogen-bond donors (Lipinski definition) is 2. The van der Waals surface area contributed by atoms with Crippen molar-refractivity contribution in [3.05, 3.63) is 36.0 Å². The van der Waals surface area contributed by atoms with Crippen molar-refractivity contribution in [1.82, 2.24) is 14.9 Å². The van der Waals surface area contributed by atoms with E-state index in [0.29, 0.717) is 43.4 Å². The van der Waals surface area contributed by atoms with Crippen molar-refractivity contribution in [3.63, 3.8) is 0 Å². The summed E-state index contributed by atoms with van der Waals surface area (Å²) in [5.74, 6) is -1.14. The van der Waals surface area contributed by atoms with Gasteiger partial charge in [0.2, 0.25) is 17.8 Å². The number of likely N-dealkylation sites (tertiary alicyclic amines) is 1. The maximum absolute atomic E-state index is 12.5. The zero-order valence-electron chi connectivity index (χ0n) is 22.5. The SMILES string of the molecule is CCN(CC)c1ncc(N2C(=O)CCC2=O)c(NC(C)(Cc2ccc(OC(=O)N3CCCC3)cc2)C(=O)O)n1. The van der Waals surface area contributed by atoms with Crippen molar-refractivity contribution in [1.29, 1.82) is 0 Å². The number of benzene rings is 1.